The Hall–Kier alpha value is -1.96. The monoisotopic (exact) mass is 325 g/mol. The van der Waals surface area contributed by atoms with Crippen molar-refractivity contribution < 1.29 is 17.9 Å². The Kier molecular flexibility index (Phi) is 5.12. The highest BCUT2D eigenvalue weighted by molar-refractivity contribution is 7.84. The van der Waals surface area contributed by atoms with Gasteiger partial charge in [0.2, 0.25) is 17.6 Å². The first-order chi connectivity index (χ1) is 10.4. The van der Waals surface area contributed by atoms with Crippen LogP contribution in [0.2, 0.25) is 0 Å². The molecule has 0 aromatic carbocycles. The largest absolute Gasteiger partial charge is 0.461 e. The van der Waals surface area contributed by atoms with Crippen molar-refractivity contribution in [2.75, 3.05) is 5.75 Å². The summed E-state index contributed by atoms with van der Waals surface area (Å²) in [6.45, 7) is 5.81. The zero-order valence-electron chi connectivity index (χ0n) is 12.8. The van der Waals surface area contributed by atoms with E-state index in [2.05, 4.69) is 15.5 Å². The second-order valence-electron chi connectivity index (χ2n) is 5.50. The van der Waals surface area contributed by atoms with Gasteiger partial charge in [0.25, 0.3) is 0 Å². The third-order valence-corrected chi connectivity index (χ3v) is 4.30. The normalized spacial score (nSPS) is 13.0. The predicted molar refractivity (Wildman–Crippen MR) is 81.2 cm³/mol. The summed E-state index contributed by atoms with van der Waals surface area (Å²) in [5, 5.41) is 6.59. The molecule has 1 amide bonds. The first-order valence-corrected chi connectivity index (χ1v) is 8.41. The maximum absolute atomic E-state index is 12.0. The van der Waals surface area contributed by atoms with Crippen LogP contribution in [0.25, 0.3) is 11.6 Å². The van der Waals surface area contributed by atoms with Crippen molar-refractivity contribution in [1.29, 1.82) is 0 Å². The van der Waals surface area contributed by atoms with Crippen LogP contribution in [0.3, 0.4) is 0 Å². The van der Waals surface area contributed by atoms with Crippen molar-refractivity contribution in [3.05, 3.63) is 24.3 Å². The number of furan rings is 1. The molecular weight excluding hydrogens is 306 g/mol. The molecule has 0 saturated heterocycles. The lowest BCUT2D eigenvalue weighted by Gasteiger charge is -2.24. The number of hydrogen-bond acceptors (Lipinski definition) is 6. The van der Waals surface area contributed by atoms with Crippen molar-refractivity contribution >= 4 is 16.7 Å². The Bertz CT molecular complexity index is 649. The number of aromatic nitrogens is 2. The number of carbonyl (C=O) groups excluding carboxylic acids is 1. The summed E-state index contributed by atoms with van der Waals surface area (Å²) in [6.07, 6.45) is 2.30. The van der Waals surface area contributed by atoms with E-state index >= 15 is 0 Å². The van der Waals surface area contributed by atoms with Crippen LogP contribution in [0, 0.1) is 0 Å². The quantitative estimate of drug-likeness (QED) is 0.834. The van der Waals surface area contributed by atoms with E-state index in [4.69, 9.17) is 8.94 Å². The Balaban J connectivity index is 1.89. The van der Waals surface area contributed by atoms with Gasteiger partial charge >= 0.3 is 0 Å². The highest BCUT2D eigenvalue weighted by atomic mass is 32.2. The molecule has 2 aromatic rings. The first-order valence-electron chi connectivity index (χ1n) is 6.92. The van der Waals surface area contributed by atoms with Gasteiger partial charge in [0.15, 0.2) is 5.76 Å². The molecule has 22 heavy (non-hydrogen) atoms. The number of carbonyl (C=O) groups is 1. The maximum atomic E-state index is 12.0. The lowest BCUT2D eigenvalue weighted by molar-refractivity contribution is -0.120. The molecule has 2 heterocycles. The summed E-state index contributed by atoms with van der Waals surface area (Å²) in [6, 6.07) is 3.41. The molecule has 0 aliphatic carbocycles. The molecule has 1 N–H and O–H groups in total. The van der Waals surface area contributed by atoms with E-state index in [0.717, 1.165) is 6.42 Å². The number of nitrogens with zero attached hydrogens (tertiary/aromatic N) is 2. The van der Waals surface area contributed by atoms with E-state index in [1.165, 1.54) is 6.26 Å². The summed E-state index contributed by atoms with van der Waals surface area (Å²) >= 11 is 0. The van der Waals surface area contributed by atoms with Gasteiger partial charge in [-0.25, -0.2) is 0 Å². The van der Waals surface area contributed by atoms with Crippen molar-refractivity contribution in [3.8, 4) is 11.6 Å². The summed E-state index contributed by atoms with van der Waals surface area (Å²) in [5.74, 6) is 0.676. The zero-order chi connectivity index (χ0) is 16.2. The van der Waals surface area contributed by atoms with Crippen molar-refractivity contribution in [1.82, 2.24) is 15.5 Å². The fourth-order valence-electron chi connectivity index (χ4n) is 1.66. The lowest BCUT2D eigenvalue weighted by Crippen LogP contribution is -2.44. The molecular formula is C14H19N3O4S. The van der Waals surface area contributed by atoms with Gasteiger partial charge < -0.3 is 14.3 Å². The molecule has 0 aliphatic rings. The van der Waals surface area contributed by atoms with E-state index in [1.54, 1.807) is 12.1 Å². The van der Waals surface area contributed by atoms with Gasteiger partial charge in [0, 0.05) is 16.3 Å². The molecule has 2 aromatic heterocycles. The average Bonchev–Trinajstić information content (AvgIpc) is 3.07. The molecule has 0 saturated carbocycles. The summed E-state index contributed by atoms with van der Waals surface area (Å²) in [7, 11) is -1.41. The highest BCUT2D eigenvalue weighted by Crippen LogP contribution is 2.16. The van der Waals surface area contributed by atoms with Crippen molar-refractivity contribution in [2.24, 2.45) is 0 Å². The highest BCUT2D eigenvalue weighted by Gasteiger charge is 2.20. The molecule has 0 fully saturated rings. The fraction of sp³-hybridized carbons (Fsp3) is 0.500. The van der Waals surface area contributed by atoms with Gasteiger partial charge in [0.1, 0.15) is 11.5 Å². The Morgan fingerprint density at radius 2 is 2.23 bits per heavy atom. The van der Waals surface area contributed by atoms with Gasteiger partial charge in [-0.15, -0.1) is 0 Å². The van der Waals surface area contributed by atoms with Gasteiger partial charge in [0.05, 0.1) is 6.26 Å². The minimum absolute atomic E-state index is 0.0354. The van der Waals surface area contributed by atoms with Crippen LogP contribution in [0.15, 0.2) is 27.3 Å². The third kappa shape index (κ3) is 4.52. The third-order valence-electron chi connectivity index (χ3n) is 3.15. The molecule has 0 radical (unpaired) electrons. The van der Waals surface area contributed by atoms with E-state index in [1.807, 2.05) is 20.8 Å². The molecule has 2 rings (SSSR count). The molecule has 8 heteroatoms. The van der Waals surface area contributed by atoms with Crippen LogP contribution >= 0.6 is 0 Å². The van der Waals surface area contributed by atoms with Crippen LogP contribution in [0.4, 0.5) is 0 Å². The molecule has 0 spiro atoms. The maximum Gasteiger partial charge on any atom is 0.239 e. The second-order valence-corrected chi connectivity index (χ2v) is 6.96. The van der Waals surface area contributed by atoms with Crippen molar-refractivity contribution in [2.45, 2.75) is 38.5 Å². The van der Waals surface area contributed by atoms with E-state index in [9.17, 15) is 9.00 Å². The van der Waals surface area contributed by atoms with Crippen LogP contribution in [0.1, 0.15) is 33.1 Å². The Morgan fingerprint density at radius 1 is 1.45 bits per heavy atom. The number of hydrogen-bond donors (Lipinski definition) is 1. The predicted octanol–water partition coefficient (Wildman–Crippen LogP) is 1.88. The Labute approximate surface area is 130 Å². The van der Waals surface area contributed by atoms with Gasteiger partial charge in [-0.2, -0.15) is 4.98 Å². The molecule has 1 unspecified atom stereocenters. The van der Waals surface area contributed by atoms with E-state index in [-0.39, 0.29) is 28.8 Å². The average molecular weight is 325 g/mol. The van der Waals surface area contributed by atoms with Crippen molar-refractivity contribution in [3.63, 3.8) is 0 Å². The second kappa shape index (κ2) is 6.87. The standard InChI is InChI=1S/C14H19N3O4S/c1-4-14(2,3)16-11(18)8-22(19)9-12-15-13(17-21-12)10-6-5-7-20-10/h5-7H,4,8-9H2,1-3H3,(H,16,18). The van der Waals surface area contributed by atoms with Gasteiger partial charge in [-0.05, 0) is 32.4 Å². The van der Waals surface area contributed by atoms with Gasteiger partial charge in [-0.3, -0.25) is 9.00 Å². The SMILES string of the molecule is CCC(C)(C)NC(=O)CS(=O)Cc1nc(-c2ccco2)no1. The summed E-state index contributed by atoms with van der Waals surface area (Å²) in [5.41, 5.74) is -0.307. The molecule has 120 valence electrons. The first kappa shape index (κ1) is 16.4. The lowest BCUT2D eigenvalue weighted by atomic mass is 10.0. The van der Waals surface area contributed by atoms with E-state index in [0.29, 0.717) is 11.6 Å². The number of amides is 1. The molecule has 1 atom stereocenters. The van der Waals surface area contributed by atoms with E-state index < -0.39 is 10.8 Å². The fourth-order valence-corrected chi connectivity index (χ4v) is 2.52. The Morgan fingerprint density at radius 3 is 2.86 bits per heavy atom. The topological polar surface area (TPSA) is 98.2 Å². The molecule has 7 nitrogen and oxygen atoms in total. The smallest absolute Gasteiger partial charge is 0.239 e. The van der Waals surface area contributed by atoms with Crippen LogP contribution in [-0.2, 0) is 21.3 Å². The number of rotatable bonds is 7. The molecule has 0 bridgehead atoms. The number of nitrogens with one attached hydrogen (secondary N) is 1. The summed E-state index contributed by atoms with van der Waals surface area (Å²) in [4.78, 5) is 15.9. The van der Waals surface area contributed by atoms with Crippen LogP contribution in [0.5, 0.6) is 0 Å². The van der Waals surface area contributed by atoms with Crippen LogP contribution in [-0.4, -0.2) is 31.5 Å². The summed E-state index contributed by atoms with van der Waals surface area (Å²) < 4.78 is 22.2. The minimum atomic E-state index is -1.41. The van der Waals surface area contributed by atoms with Crippen LogP contribution < -0.4 is 5.32 Å². The minimum Gasteiger partial charge on any atom is -0.461 e. The molecule has 0 aliphatic heterocycles. The van der Waals surface area contributed by atoms with Gasteiger partial charge in [-0.1, -0.05) is 12.1 Å². The zero-order valence-corrected chi connectivity index (χ0v) is 13.6.